The molecule has 0 spiro atoms. The Balaban J connectivity index is 1.48. The lowest BCUT2D eigenvalue weighted by Gasteiger charge is -2.30. The Labute approximate surface area is 181 Å². The molecule has 1 aliphatic heterocycles. The first-order chi connectivity index (χ1) is 13.8. The zero-order valence-corrected chi connectivity index (χ0v) is 19.0. The van der Waals surface area contributed by atoms with Crippen LogP contribution in [0.15, 0.2) is 59.1 Å². The number of nitrogens with zero attached hydrogens (tertiary/aromatic N) is 1. The van der Waals surface area contributed by atoms with E-state index in [1.807, 2.05) is 42.5 Å². The average molecular weight is 479 g/mol. The Morgan fingerprint density at radius 1 is 1.14 bits per heavy atom. The number of halogens is 1. The Morgan fingerprint density at radius 2 is 1.83 bits per heavy atom. The van der Waals surface area contributed by atoms with Crippen LogP contribution >= 0.6 is 15.9 Å². The Kier molecular flexibility index (Phi) is 7.49. The van der Waals surface area contributed by atoms with Crippen LogP contribution in [0.3, 0.4) is 0 Å². The van der Waals surface area contributed by atoms with Gasteiger partial charge in [0.05, 0.1) is 5.75 Å². The summed E-state index contributed by atoms with van der Waals surface area (Å²) in [4.78, 5) is 12.5. The van der Waals surface area contributed by atoms with E-state index in [4.69, 9.17) is 0 Å². The van der Waals surface area contributed by atoms with Crippen LogP contribution in [0, 0.1) is 5.92 Å². The summed E-state index contributed by atoms with van der Waals surface area (Å²) in [5.74, 6) is 0.121. The summed E-state index contributed by atoms with van der Waals surface area (Å²) in [6.07, 6.45) is 1.12. The van der Waals surface area contributed by atoms with Crippen molar-refractivity contribution in [3.8, 4) is 0 Å². The third-order valence-corrected chi connectivity index (χ3v) is 7.75. The van der Waals surface area contributed by atoms with Gasteiger partial charge in [-0.15, -0.1) is 0 Å². The predicted molar refractivity (Wildman–Crippen MR) is 119 cm³/mol. The highest BCUT2D eigenvalue weighted by molar-refractivity contribution is 9.10. The molecular weight excluding hydrogens is 452 g/mol. The van der Waals surface area contributed by atoms with Gasteiger partial charge in [0, 0.05) is 30.0 Å². The zero-order valence-electron chi connectivity index (χ0n) is 16.6. The summed E-state index contributed by atoms with van der Waals surface area (Å²) in [7, 11) is -3.38. The van der Waals surface area contributed by atoms with Gasteiger partial charge < -0.3 is 5.32 Å². The van der Waals surface area contributed by atoms with Gasteiger partial charge in [-0.25, -0.2) is 12.7 Å². The molecule has 0 bridgehead atoms. The summed E-state index contributed by atoms with van der Waals surface area (Å²) in [5.41, 5.74) is 1.95. The standard InChI is InChI=1S/C22H27BrN2O3S/c1-17(19-7-3-2-4-8-19)15-24-22(26)20-10-12-25(13-11-20)29(27,28)16-18-6-5-9-21(23)14-18/h2-9,14,17,20H,10-13,15-16H2,1H3,(H,24,26)/t17-/m0/s1. The monoisotopic (exact) mass is 478 g/mol. The second kappa shape index (κ2) is 9.87. The van der Waals surface area contributed by atoms with Gasteiger partial charge in [0.1, 0.15) is 0 Å². The van der Waals surface area contributed by atoms with Gasteiger partial charge in [-0.1, -0.05) is 65.3 Å². The third kappa shape index (κ3) is 6.14. The topological polar surface area (TPSA) is 66.5 Å². The van der Waals surface area contributed by atoms with Crippen molar-refractivity contribution in [2.24, 2.45) is 5.92 Å². The summed E-state index contributed by atoms with van der Waals surface area (Å²) < 4.78 is 27.8. The third-order valence-electron chi connectivity index (χ3n) is 5.41. The number of sulfonamides is 1. The van der Waals surface area contributed by atoms with Gasteiger partial charge in [0.25, 0.3) is 0 Å². The second-order valence-corrected chi connectivity index (χ2v) is 10.5. The molecule has 0 radical (unpaired) electrons. The lowest BCUT2D eigenvalue weighted by Crippen LogP contribution is -2.43. The van der Waals surface area contributed by atoms with E-state index in [1.54, 1.807) is 0 Å². The maximum atomic E-state index is 12.7. The molecule has 1 aliphatic rings. The fourth-order valence-corrected chi connectivity index (χ4v) is 5.62. The average Bonchev–Trinajstić information content (AvgIpc) is 2.72. The van der Waals surface area contributed by atoms with E-state index in [9.17, 15) is 13.2 Å². The number of benzene rings is 2. The highest BCUT2D eigenvalue weighted by atomic mass is 79.9. The second-order valence-electron chi connectivity index (χ2n) is 7.62. The quantitative estimate of drug-likeness (QED) is 0.655. The maximum Gasteiger partial charge on any atom is 0.223 e. The SMILES string of the molecule is C[C@@H](CNC(=O)C1CCN(S(=O)(=O)Cc2cccc(Br)c2)CC1)c1ccccc1. The first kappa shape index (κ1) is 22.0. The van der Waals surface area contributed by atoms with E-state index in [2.05, 4.69) is 40.3 Å². The number of nitrogens with one attached hydrogen (secondary N) is 1. The first-order valence-corrected chi connectivity index (χ1v) is 12.3. The highest BCUT2D eigenvalue weighted by Crippen LogP contribution is 2.23. The number of carbonyl (C=O) groups is 1. The van der Waals surface area contributed by atoms with Crippen molar-refractivity contribution in [1.29, 1.82) is 0 Å². The van der Waals surface area contributed by atoms with Gasteiger partial charge in [0.2, 0.25) is 15.9 Å². The molecule has 0 aromatic heterocycles. The van der Waals surface area contributed by atoms with E-state index < -0.39 is 10.0 Å². The molecule has 1 heterocycles. The Hall–Kier alpha value is -1.70. The fourth-order valence-electron chi connectivity index (χ4n) is 3.62. The molecule has 0 unspecified atom stereocenters. The van der Waals surface area contributed by atoms with Crippen LogP contribution in [-0.2, 0) is 20.6 Å². The lowest BCUT2D eigenvalue weighted by molar-refractivity contribution is -0.126. The molecule has 2 aromatic carbocycles. The van der Waals surface area contributed by atoms with Gasteiger partial charge in [-0.2, -0.15) is 0 Å². The van der Waals surface area contributed by atoms with E-state index >= 15 is 0 Å². The van der Waals surface area contributed by atoms with Crippen molar-refractivity contribution in [2.75, 3.05) is 19.6 Å². The minimum absolute atomic E-state index is 0.0160. The summed E-state index contributed by atoms with van der Waals surface area (Å²) >= 11 is 3.38. The van der Waals surface area contributed by atoms with Gasteiger partial charge in [-0.3, -0.25) is 4.79 Å². The lowest BCUT2D eigenvalue weighted by atomic mass is 9.96. The van der Waals surface area contributed by atoms with Crippen molar-refractivity contribution < 1.29 is 13.2 Å². The summed E-state index contributed by atoms with van der Waals surface area (Å²) in [5, 5.41) is 3.04. The number of hydrogen-bond donors (Lipinski definition) is 1. The molecule has 1 atom stereocenters. The summed E-state index contributed by atoms with van der Waals surface area (Å²) in [6, 6.07) is 17.4. The van der Waals surface area contributed by atoms with Crippen molar-refractivity contribution in [2.45, 2.75) is 31.4 Å². The molecule has 3 rings (SSSR count). The van der Waals surface area contributed by atoms with Crippen LogP contribution in [0.2, 0.25) is 0 Å². The smallest absolute Gasteiger partial charge is 0.223 e. The number of hydrogen-bond acceptors (Lipinski definition) is 3. The molecule has 0 saturated carbocycles. The number of rotatable bonds is 7. The first-order valence-electron chi connectivity index (χ1n) is 9.90. The molecule has 1 amide bonds. The molecule has 1 fully saturated rings. The van der Waals surface area contributed by atoms with Crippen LogP contribution in [0.4, 0.5) is 0 Å². The fraction of sp³-hybridized carbons (Fsp3) is 0.409. The highest BCUT2D eigenvalue weighted by Gasteiger charge is 2.31. The molecule has 5 nitrogen and oxygen atoms in total. The zero-order chi connectivity index (χ0) is 20.9. The van der Waals surface area contributed by atoms with Crippen LogP contribution in [0.1, 0.15) is 36.8 Å². The van der Waals surface area contributed by atoms with Crippen molar-refractivity contribution in [3.63, 3.8) is 0 Å². The van der Waals surface area contributed by atoms with E-state index in [0.29, 0.717) is 32.5 Å². The molecule has 29 heavy (non-hydrogen) atoms. The molecule has 1 N–H and O–H groups in total. The predicted octanol–water partition coefficient (Wildman–Crippen LogP) is 3.91. The maximum absolute atomic E-state index is 12.7. The van der Waals surface area contributed by atoms with Crippen LogP contribution in [0.5, 0.6) is 0 Å². The van der Waals surface area contributed by atoms with Crippen molar-refractivity contribution >= 4 is 31.9 Å². The van der Waals surface area contributed by atoms with E-state index in [0.717, 1.165) is 10.0 Å². The minimum Gasteiger partial charge on any atom is -0.355 e. The largest absolute Gasteiger partial charge is 0.355 e. The molecular formula is C22H27BrN2O3S. The van der Waals surface area contributed by atoms with Crippen LogP contribution in [-0.4, -0.2) is 38.3 Å². The Bertz CT molecular complexity index is 926. The molecule has 7 heteroatoms. The van der Waals surface area contributed by atoms with Gasteiger partial charge in [0.15, 0.2) is 0 Å². The molecule has 0 aliphatic carbocycles. The van der Waals surface area contributed by atoms with Crippen LogP contribution in [0.25, 0.3) is 0 Å². The van der Waals surface area contributed by atoms with Crippen LogP contribution < -0.4 is 5.32 Å². The van der Waals surface area contributed by atoms with Gasteiger partial charge >= 0.3 is 0 Å². The number of piperidine rings is 1. The van der Waals surface area contributed by atoms with Crippen molar-refractivity contribution in [1.82, 2.24) is 9.62 Å². The van der Waals surface area contributed by atoms with Gasteiger partial charge in [-0.05, 0) is 42.0 Å². The molecule has 2 aromatic rings. The molecule has 1 saturated heterocycles. The van der Waals surface area contributed by atoms with E-state index in [-0.39, 0.29) is 23.5 Å². The van der Waals surface area contributed by atoms with Crippen molar-refractivity contribution in [3.05, 3.63) is 70.2 Å². The van der Waals surface area contributed by atoms with E-state index in [1.165, 1.54) is 9.87 Å². The minimum atomic E-state index is -3.38. The Morgan fingerprint density at radius 3 is 2.48 bits per heavy atom. The molecule has 156 valence electrons. The summed E-state index contributed by atoms with van der Waals surface area (Å²) in [6.45, 7) is 3.46. The number of amides is 1. The number of carbonyl (C=O) groups excluding carboxylic acids is 1. The normalized spacial score (nSPS) is 17.0.